The fourth-order valence-corrected chi connectivity index (χ4v) is 4.60. The van der Waals surface area contributed by atoms with Crippen LogP contribution < -0.4 is 19.7 Å². The molecular weight excluding hydrogens is 364 g/mol. The minimum atomic E-state index is -0.613. The maximum atomic E-state index is 12.5. The summed E-state index contributed by atoms with van der Waals surface area (Å²) in [5.74, 6) is 1.51. The molecule has 152 valence electrons. The number of hydrogen-bond donors (Lipinski definition) is 1. The molecule has 2 heterocycles. The first-order valence-corrected chi connectivity index (χ1v) is 10.1. The van der Waals surface area contributed by atoms with Crippen molar-refractivity contribution in [3.8, 4) is 11.5 Å². The summed E-state index contributed by atoms with van der Waals surface area (Å²) in [6.07, 6.45) is 4.68. The Labute approximate surface area is 172 Å². The number of rotatable bonds is 5. The molecule has 0 aliphatic carbocycles. The molecule has 1 saturated heterocycles. The zero-order valence-electron chi connectivity index (χ0n) is 17.5. The minimum Gasteiger partial charge on any atom is -0.493 e. The van der Waals surface area contributed by atoms with Crippen LogP contribution in [0.25, 0.3) is 6.08 Å². The van der Waals surface area contributed by atoms with Crippen molar-refractivity contribution in [1.29, 1.82) is 0 Å². The van der Waals surface area contributed by atoms with Gasteiger partial charge in [-0.15, -0.1) is 0 Å². The lowest BCUT2D eigenvalue weighted by atomic mass is 9.74. The van der Waals surface area contributed by atoms with Crippen LogP contribution in [0, 0.1) is 0 Å². The number of anilines is 1. The maximum absolute atomic E-state index is 12.5. The molecule has 1 fully saturated rings. The first-order valence-electron chi connectivity index (χ1n) is 10.1. The predicted octanol–water partition coefficient (Wildman–Crippen LogP) is 4.12. The molecule has 2 aliphatic rings. The normalized spacial score (nSPS) is 22.2. The van der Waals surface area contributed by atoms with Gasteiger partial charge in [0.1, 0.15) is 5.66 Å². The number of fused-ring (bicyclic) bond motifs is 3. The number of carbonyl (C=O) groups excluding carboxylic acids is 1. The summed E-state index contributed by atoms with van der Waals surface area (Å²) >= 11 is 0. The topological polar surface area (TPSA) is 50.8 Å². The van der Waals surface area contributed by atoms with Crippen molar-refractivity contribution in [3.05, 3.63) is 59.7 Å². The molecule has 2 aliphatic heterocycles. The highest BCUT2D eigenvalue weighted by atomic mass is 16.5. The van der Waals surface area contributed by atoms with Gasteiger partial charge in [-0.2, -0.15) is 0 Å². The van der Waals surface area contributed by atoms with E-state index in [1.54, 1.807) is 7.11 Å². The van der Waals surface area contributed by atoms with E-state index in [0.29, 0.717) is 25.3 Å². The molecule has 0 spiro atoms. The number of benzene rings is 2. The molecule has 0 bridgehead atoms. The van der Waals surface area contributed by atoms with E-state index in [9.17, 15) is 4.79 Å². The van der Waals surface area contributed by atoms with Crippen LogP contribution in [0.15, 0.2) is 48.5 Å². The highest BCUT2D eigenvalue weighted by Gasteiger charge is 2.57. The lowest BCUT2D eigenvalue weighted by Gasteiger charge is -2.49. The molecule has 2 aromatic carbocycles. The molecule has 0 radical (unpaired) electrons. The number of ether oxygens (including phenoxy) is 2. The van der Waals surface area contributed by atoms with Gasteiger partial charge >= 0.3 is 0 Å². The third-order valence-electron chi connectivity index (χ3n) is 6.14. The Morgan fingerprint density at radius 3 is 2.72 bits per heavy atom. The van der Waals surface area contributed by atoms with Gasteiger partial charge in [-0.25, -0.2) is 0 Å². The van der Waals surface area contributed by atoms with Gasteiger partial charge in [0.25, 0.3) is 0 Å². The van der Waals surface area contributed by atoms with E-state index in [4.69, 9.17) is 9.47 Å². The molecule has 2 aromatic rings. The average Bonchev–Trinajstić information content (AvgIpc) is 2.91. The Balaban J connectivity index is 1.77. The quantitative estimate of drug-likeness (QED) is 0.832. The molecule has 29 heavy (non-hydrogen) atoms. The average molecular weight is 392 g/mol. The molecule has 5 nitrogen and oxygen atoms in total. The van der Waals surface area contributed by atoms with Gasteiger partial charge in [0, 0.05) is 24.1 Å². The van der Waals surface area contributed by atoms with Crippen molar-refractivity contribution in [2.75, 3.05) is 25.2 Å². The van der Waals surface area contributed by atoms with E-state index in [1.807, 2.05) is 25.1 Å². The molecule has 1 amide bonds. The predicted molar refractivity (Wildman–Crippen MR) is 116 cm³/mol. The molecule has 1 atom stereocenters. The van der Waals surface area contributed by atoms with Crippen LogP contribution in [0.4, 0.5) is 5.69 Å². The number of nitrogens with zero attached hydrogens (tertiary/aromatic N) is 1. The molecule has 1 N–H and O–H groups in total. The first kappa shape index (κ1) is 19.4. The minimum absolute atomic E-state index is 0.0797. The van der Waals surface area contributed by atoms with Gasteiger partial charge in [0.2, 0.25) is 5.91 Å². The summed E-state index contributed by atoms with van der Waals surface area (Å²) in [6.45, 7) is 7.62. The van der Waals surface area contributed by atoms with E-state index in [-0.39, 0.29) is 11.3 Å². The number of amides is 1. The molecule has 0 unspecified atom stereocenters. The van der Waals surface area contributed by atoms with Gasteiger partial charge < -0.3 is 19.7 Å². The Hall–Kier alpha value is -2.95. The van der Waals surface area contributed by atoms with Gasteiger partial charge in [0.15, 0.2) is 11.5 Å². The largest absolute Gasteiger partial charge is 0.493 e. The van der Waals surface area contributed by atoms with E-state index < -0.39 is 5.66 Å². The zero-order chi connectivity index (χ0) is 20.6. The summed E-state index contributed by atoms with van der Waals surface area (Å²) in [4.78, 5) is 14.8. The third kappa shape index (κ3) is 2.96. The summed E-state index contributed by atoms with van der Waals surface area (Å²) in [6, 6.07) is 14.3. The monoisotopic (exact) mass is 392 g/mol. The SMILES string of the molecule is CCOc1ccc(/C=C/[C@@]23NC(=O)CCN2c2ccccc2C3(C)C)cc1OC. The summed E-state index contributed by atoms with van der Waals surface area (Å²) in [5, 5.41) is 3.30. The Kier molecular flexibility index (Phi) is 4.77. The third-order valence-corrected chi connectivity index (χ3v) is 6.14. The number of carbonyl (C=O) groups is 1. The fourth-order valence-electron chi connectivity index (χ4n) is 4.60. The van der Waals surface area contributed by atoms with Crippen LogP contribution in [0.2, 0.25) is 0 Å². The molecule has 0 aromatic heterocycles. The zero-order valence-corrected chi connectivity index (χ0v) is 17.5. The first-order chi connectivity index (χ1) is 13.9. The van der Waals surface area contributed by atoms with Gasteiger partial charge in [-0.05, 0) is 42.3 Å². The Bertz CT molecular complexity index is 966. The molecule has 4 rings (SSSR count). The number of hydrogen-bond acceptors (Lipinski definition) is 4. The van der Waals surface area contributed by atoms with Crippen LogP contribution in [-0.4, -0.2) is 31.8 Å². The standard InChI is InChI=1S/C24H28N2O3/c1-5-29-20-11-10-17(16-21(20)28-4)12-14-24-23(2,3)18-8-6-7-9-19(18)26(24)15-13-22(27)25-24/h6-12,14,16H,5,13,15H2,1-4H3,(H,25,27)/b14-12+/t24-/m1/s1. The van der Waals surface area contributed by atoms with E-state index in [0.717, 1.165) is 11.3 Å². The maximum Gasteiger partial charge on any atom is 0.223 e. The second kappa shape index (κ2) is 7.14. The van der Waals surface area contributed by atoms with Crippen molar-refractivity contribution in [1.82, 2.24) is 5.32 Å². The molecule has 5 heteroatoms. The van der Waals surface area contributed by atoms with Crippen molar-refractivity contribution in [2.45, 2.75) is 38.3 Å². The Morgan fingerprint density at radius 2 is 1.97 bits per heavy atom. The Morgan fingerprint density at radius 1 is 1.17 bits per heavy atom. The van der Waals surface area contributed by atoms with Crippen molar-refractivity contribution >= 4 is 17.7 Å². The molecular formula is C24H28N2O3. The summed E-state index contributed by atoms with van der Waals surface area (Å²) < 4.78 is 11.1. The van der Waals surface area contributed by atoms with Crippen LogP contribution in [-0.2, 0) is 10.2 Å². The van der Waals surface area contributed by atoms with Crippen LogP contribution in [0.5, 0.6) is 11.5 Å². The number of nitrogens with one attached hydrogen (secondary N) is 1. The fraction of sp³-hybridized carbons (Fsp3) is 0.375. The van der Waals surface area contributed by atoms with E-state index in [2.05, 4.69) is 60.5 Å². The van der Waals surface area contributed by atoms with Crippen molar-refractivity contribution in [3.63, 3.8) is 0 Å². The lowest BCUT2D eigenvalue weighted by molar-refractivity contribution is -0.124. The highest BCUT2D eigenvalue weighted by molar-refractivity contribution is 5.84. The van der Waals surface area contributed by atoms with Crippen molar-refractivity contribution in [2.24, 2.45) is 0 Å². The van der Waals surface area contributed by atoms with Gasteiger partial charge in [-0.1, -0.05) is 44.2 Å². The summed E-state index contributed by atoms with van der Waals surface area (Å²) in [5.41, 5.74) is 2.53. The lowest BCUT2D eigenvalue weighted by Crippen LogP contribution is -2.68. The van der Waals surface area contributed by atoms with Gasteiger partial charge in [0.05, 0.1) is 13.7 Å². The van der Waals surface area contributed by atoms with E-state index in [1.165, 1.54) is 11.3 Å². The van der Waals surface area contributed by atoms with E-state index >= 15 is 0 Å². The molecule has 0 saturated carbocycles. The van der Waals surface area contributed by atoms with Crippen LogP contribution >= 0.6 is 0 Å². The second-order valence-corrected chi connectivity index (χ2v) is 8.03. The van der Waals surface area contributed by atoms with Crippen LogP contribution in [0.3, 0.4) is 0 Å². The number of methoxy groups -OCH3 is 1. The smallest absolute Gasteiger partial charge is 0.223 e. The second-order valence-electron chi connectivity index (χ2n) is 8.03. The van der Waals surface area contributed by atoms with Crippen LogP contribution in [0.1, 0.15) is 38.3 Å². The highest BCUT2D eigenvalue weighted by Crippen LogP contribution is 2.52. The van der Waals surface area contributed by atoms with Gasteiger partial charge in [-0.3, -0.25) is 4.79 Å². The van der Waals surface area contributed by atoms with Crippen molar-refractivity contribution < 1.29 is 14.3 Å². The summed E-state index contributed by atoms with van der Waals surface area (Å²) in [7, 11) is 1.64. The number of para-hydroxylation sites is 1.